The molecule has 0 radical (unpaired) electrons. The van der Waals surface area contributed by atoms with Crippen LogP contribution in [0.5, 0.6) is 0 Å². The van der Waals surface area contributed by atoms with Crippen molar-refractivity contribution in [2.24, 2.45) is 5.92 Å². The summed E-state index contributed by atoms with van der Waals surface area (Å²) in [5.74, 6) is 0.281. The monoisotopic (exact) mass is 395 g/mol. The van der Waals surface area contributed by atoms with E-state index < -0.39 is 0 Å². The quantitative estimate of drug-likeness (QED) is 0.789. The molecule has 1 amide bonds. The van der Waals surface area contributed by atoms with Crippen LogP contribution in [-0.2, 0) is 17.9 Å². The summed E-state index contributed by atoms with van der Waals surface area (Å²) in [6.45, 7) is 7.85. The van der Waals surface area contributed by atoms with Gasteiger partial charge in [-0.05, 0) is 63.9 Å². The van der Waals surface area contributed by atoms with Crippen LogP contribution in [0.15, 0.2) is 36.4 Å². The fourth-order valence-corrected chi connectivity index (χ4v) is 4.72. The summed E-state index contributed by atoms with van der Waals surface area (Å²) >= 11 is 0. The lowest BCUT2D eigenvalue weighted by molar-refractivity contribution is -0.127. The standard InChI is InChI=1S/C23H33N5O/c1-18-14-21(26-25-18)15-24-23(29)20-8-5-11-28(17-20)22-9-12-27(13-10-22)16-19-6-3-2-4-7-19/h2-4,6-7,14,20,22H,5,8-13,15-17H2,1H3,(H,24,29)(H,25,26)/t20-/m1/s1. The van der Waals surface area contributed by atoms with Gasteiger partial charge in [-0.2, -0.15) is 5.10 Å². The number of rotatable bonds is 6. The minimum absolute atomic E-state index is 0.103. The third kappa shape index (κ3) is 5.46. The Morgan fingerprint density at radius 1 is 1.17 bits per heavy atom. The van der Waals surface area contributed by atoms with Crippen molar-refractivity contribution in [1.82, 2.24) is 25.3 Å². The molecule has 2 fully saturated rings. The van der Waals surface area contributed by atoms with Gasteiger partial charge in [-0.15, -0.1) is 0 Å². The number of hydrogen-bond donors (Lipinski definition) is 2. The number of nitrogens with one attached hydrogen (secondary N) is 2. The summed E-state index contributed by atoms with van der Waals surface area (Å²) in [5.41, 5.74) is 3.32. The van der Waals surface area contributed by atoms with Crippen molar-refractivity contribution in [1.29, 1.82) is 0 Å². The van der Waals surface area contributed by atoms with E-state index in [0.717, 1.165) is 57.0 Å². The minimum Gasteiger partial charge on any atom is -0.350 e. The van der Waals surface area contributed by atoms with Crippen molar-refractivity contribution < 1.29 is 4.79 Å². The molecule has 1 aromatic heterocycles. The van der Waals surface area contributed by atoms with Gasteiger partial charge in [0.2, 0.25) is 5.91 Å². The van der Waals surface area contributed by atoms with Gasteiger partial charge in [0, 0.05) is 24.8 Å². The number of benzene rings is 1. The molecule has 6 nitrogen and oxygen atoms in total. The van der Waals surface area contributed by atoms with Crippen LogP contribution in [-0.4, -0.2) is 58.1 Å². The molecule has 4 rings (SSSR count). The van der Waals surface area contributed by atoms with E-state index in [-0.39, 0.29) is 11.8 Å². The highest BCUT2D eigenvalue weighted by Crippen LogP contribution is 2.24. The summed E-state index contributed by atoms with van der Waals surface area (Å²) in [4.78, 5) is 17.8. The van der Waals surface area contributed by atoms with Gasteiger partial charge in [-0.25, -0.2) is 0 Å². The Morgan fingerprint density at radius 3 is 2.69 bits per heavy atom. The zero-order valence-corrected chi connectivity index (χ0v) is 17.4. The van der Waals surface area contributed by atoms with Crippen LogP contribution in [0.2, 0.25) is 0 Å². The van der Waals surface area contributed by atoms with E-state index in [1.807, 2.05) is 13.0 Å². The van der Waals surface area contributed by atoms with Gasteiger partial charge < -0.3 is 5.32 Å². The highest BCUT2D eigenvalue weighted by Gasteiger charge is 2.31. The molecule has 2 aromatic rings. The fraction of sp³-hybridized carbons (Fsp3) is 0.565. The first-order valence-corrected chi connectivity index (χ1v) is 11.0. The van der Waals surface area contributed by atoms with Gasteiger partial charge in [0.15, 0.2) is 0 Å². The van der Waals surface area contributed by atoms with Gasteiger partial charge in [0.25, 0.3) is 0 Å². The number of carbonyl (C=O) groups excluding carboxylic acids is 1. The molecule has 1 atom stereocenters. The highest BCUT2D eigenvalue weighted by molar-refractivity contribution is 5.78. The number of nitrogens with zero attached hydrogens (tertiary/aromatic N) is 3. The molecule has 6 heteroatoms. The Morgan fingerprint density at radius 2 is 1.97 bits per heavy atom. The maximum Gasteiger partial charge on any atom is 0.224 e. The first-order valence-electron chi connectivity index (χ1n) is 11.0. The lowest BCUT2D eigenvalue weighted by Gasteiger charge is -2.42. The highest BCUT2D eigenvalue weighted by atomic mass is 16.1. The molecular formula is C23H33N5O. The predicted octanol–water partition coefficient (Wildman–Crippen LogP) is 2.71. The summed E-state index contributed by atoms with van der Waals surface area (Å²) < 4.78 is 0. The van der Waals surface area contributed by atoms with Crippen LogP contribution in [0.4, 0.5) is 0 Å². The van der Waals surface area contributed by atoms with Gasteiger partial charge in [0.05, 0.1) is 18.2 Å². The molecule has 1 aromatic carbocycles. The minimum atomic E-state index is 0.103. The molecule has 2 aliphatic heterocycles. The molecular weight excluding hydrogens is 362 g/mol. The lowest BCUT2D eigenvalue weighted by Crippen LogP contribution is -2.50. The van der Waals surface area contributed by atoms with Crippen molar-refractivity contribution >= 4 is 5.91 Å². The van der Waals surface area contributed by atoms with E-state index in [1.165, 1.54) is 18.4 Å². The molecule has 2 N–H and O–H groups in total. The second-order valence-electron chi connectivity index (χ2n) is 8.59. The van der Waals surface area contributed by atoms with E-state index in [2.05, 4.69) is 55.6 Å². The zero-order chi connectivity index (χ0) is 20.1. The molecule has 156 valence electrons. The number of piperidine rings is 2. The van der Waals surface area contributed by atoms with Crippen LogP contribution in [0.3, 0.4) is 0 Å². The number of aromatic amines is 1. The van der Waals surface area contributed by atoms with E-state index in [9.17, 15) is 4.79 Å². The molecule has 2 saturated heterocycles. The van der Waals surface area contributed by atoms with Crippen molar-refractivity contribution in [2.45, 2.75) is 51.7 Å². The van der Waals surface area contributed by atoms with Crippen LogP contribution in [0.25, 0.3) is 0 Å². The zero-order valence-electron chi connectivity index (χ0n) is 17.4. The van der Waals surface area contributed by atoms with Crippen LogP contribution < -0.4 is 5.32 Å². The van der Waals surface area contributed by atoms with Crippen LogP contribution in [0, 0.1) is 12.8 Å². The van der Waals surface area contributed by atoms with Crippen molar-refractivity contribution in [3.8, 4) is 0 Å². The Balaban J connectivity index is 1.23. The third-order valence-corrected chi connectivity index (χ3v) is 6.35. The Bertz CT molecular complexity index is 782. The number of likely N-dealkylation sites (tertiary alicyclic amines) is 2. The summed E-state index contributed by atoms with van der Waals surface area (Å²) in [7, 11) is 0. The van der Waals surface area contributed by atoms with E-state index in [0.29, 0.717) is 12.6 Å². The molecule has 3 heterocycles. The predicted molar refractivity (Wildman–Crippen MR) is 114 cm³/mol. The van der Waals surface area contributed by atoms with Gasteiger partial charge in [-0.3, -0.25) is 19.7 Å². The largest absolute Gasteiger partial charge is 0.350 e. The normalized spacial score (nSPS) is 21.9. The number of H-pyrrole nitrogens is 1. The van der Waals surface area contributed by atoms with E-state index >= 15 is 0 Å². The van der Waals surface area contributed by atoms with Crippen molar-refractivity contribution in [3.05, 3.63) is 53.3 Å². The topological polar surface area (TPSA) is 64.3 Å². The Kier molecular flexibility index (Phi) is 6.62. The number of aryl methyl sites for hydroxylation is 1. The average Bonchev–Trinajstić information content (AvgIpc) is 3.18. The maximum absolute atomic E-state index is 12.7. The number of aromatic nitrogens is 2. The number of amides is 1. The Hall–Kier alpha value is -2.18. The van der Waals surface area contributed by atoms with Crippen LogP contribution in [0.1, 0.15) is 42.6 Å². The fourth-order valence-electron chi connectivity index (χ4n) is 4.72. The molecule has 2 aliphatic rings. The lowest BCUT2D eigenvalue weighted by atomic mass is 9.93. The molecule has 0 bridgehead atoms. The SMILES string of the molecule is Cc1cc(CNC(=O)[C@@H]2CCCN(C3CCN(Cc4ccccc4)CC3)C2)n[nH]1. The van der Waals surface area contributed by atoms with E-state index in [4.69, 9.17) is 0 Å². The van der Waals surface area contributed by atoms with Gasteiger partial charge in [-0.1, -0.05) is 30.3 Å². The van der Waals surface area contributed by atoms with Crippen molar-refractivity contribution in [3.63, 3.8) is 0 Å². The molecule has 29 heavy (non-hydrogen) atoms. The number of carbonyl (C=O) groups is 1. The number of hydrogen-bond acceptors (Lipinski definition) is 4. The summed E-state index contributed by atoms with van der Waals surface area (Å²) in [6.07, 6.45) is 4.51. The molecule has 0 unspecified atom stereocenters. The van der Waals surface area contributed by atoms with Gasteiger partial charge in [0.1, 0.15) is 0 Å². The summed E-state index contributed by atoms with van der Waals surface area (Å²) in [5, 5.41) is 10.2. The second kappa shape index (κ2) is 9.55. The summed E-state index contributed by atoms with van der Waals surface area (Å²) in [6, 6.07) is 13.3. The molecule has 0 saturated carbocycles. The molecule has 0 spiro atoms. The van der Waals surface area contributed by atoms with Crippen molar-refractivity contribution in [2.75, 3.05) is 26.2 Å². The molecule has 0 aliphatic carbocycles. The first-order chi connectivity index (χ1) is 14.2. The average molecular weight is 396 g/mol. The first kappa shape index (κ1) is 20.1. The maximum atomic E-state index is 12.7. The third-order valence-electron chi connectivity index (χ3n) is 6.35. The smallest absolute Gasteiger partial charge is 0.224 e. The van der Waals surface area contributed by atoms with E-state index in [1.54, 1.807) is 0 Å². The second-order valence-corrected chi connectivity index (χ2v) is 8.59. The Labute approximate surface area is 173 Å². The van der Waals surface area contributed by atoms with Crippen LogP contribution >= 0.6 is 0 Å². The van der Waals surface area contributed by atoms with Gasteiger partial charge >= 0.3 is 0 Å².